The normalized spacial score (nSPS) is 12.2. The van der Waals surface area contributed by atoms with Crippen molar-refractivity contribution in [3.8, 4) is 5.75 Å². The highest BCUT2D eigenvalue weighted by atomic mass is 19.1. The van der Waals surface area contributed by atoms with Crippen molar-refractivity contribution in [3.63, 3.8) is 0 Å². The Kier molecular flexibility index (Phi) is 4.06. The second-order valence-electron chi connectivity index (χ2n) is 4.14. The second-order valence-corrected chi connectivity index (χ2v) is 4.14. The number of aromatic nitrogens is 2. The number of ether oxygens (including phenoxy) is 1. The van der Waals surface area contributed by atoms with Gasteiger partial charge < -0.3 is 10.1 Å². The van der Waals surface area contributed by atoms with Gasteiger partial charge in [0, 0.05) is 6.20 Å². The Bertz CT molecular complexity index is 574. The first-order chi connectivity index (χ1) is 9.15. The predicted molar refractivity (Wildman–Crippen MR) is 70.6 cm³/mol. The molecule has 0 fully saturated rings. The SMILES string of the molecule is CNC(c1ccc(OC)c(F)c1)c1ccnc(C)n1. The number of rotatable bonds is 4. The topological polar surface area (TPSA) is 47.0 Å². The molecule has 0 saturated carbocycles. The number of methoxy groups -OCH3 is 1. The lowest BCUT2D eigenvalue weighted by molar-refractivity contribution is 0.386. The highest BCUT2D eigenvalue weighted by Gasteiger charge is 2.15. The van der Waals surface area contributed by atoms with E-state index in [0.717, 1.165) is 11.3 Å². The van der Waals surface area contributed by atoms with E-state index < -0.39 is 0 Å². The summed E-state index contributed by atoms with van der Waals surface area (Å²) >= 11 is 0. The van der Waals surface area contributed by atoms with Crippen LogP contribution in [0.5, 0.6) is 5.75 Å². The molecule has 5 heteroatoms. The van der Waals surface area contributed by atoms with Gasteiger partial charge in [-0.25, -0.2) is 14.4 Å². The summed E-state index contributed by atoms with van der Waals surface area (Å²) < 4.78 is 18.7. The zero-order chi connectivity index (χ0) is 13.8. The van der Waals surface area contributed by atoms with Gasteiger partial charge in [-0.3, -0.25) is 0 Å². The Morgan fingerprint density at radius 1 is 1.32 bits per heavy atom. The van der Waals surface area contributed by atoms with E-state index in [9.17, 15) is 4.39 Å². The van der Waals surface area contributed by atoms with Crippen LogP contribution < -0.4 is 10.1 Å². The maximum Gasteiger partial charge on any atom is 0.165 e. The van der Waals surface area contributed by atoms with Crippen molar-refractivity contribution in [3.05, 3.63) is 53.4 Å². The van der Waals surface area contributed by atoms with Gasteiger partial charge in [0.2, 0.25) is 0 Å². The van der Waals surface area contributed by atoms with Gasteiger partial charge in [-0.2, -0.15) is 0 Å². The van der Waals surface area contributed by atoms with E-state index in [1.54, 1.807) is 12.3 Å². The van der Waals surface area contributed by atoms with E-state index in [2.05, 4.69) is 15.3 Å². The van der Waals surface area contributed by atoms with Gasteiger partial charge in [0.05, 0.1) is 18.8 Å². The average Bonchev–Trinajstić information content (AvgIpc) is 2.40. The van der Waals surface area contributed by atoms with Crippen LogP contribution in [0.2, 0.25) is 0 Å². The number of hydrogen-bond donors (Lipinski definition) is 1. The van der Waals surface area contributed by atoms with Crippen LogP contribution in [-0.4, -0.2) is 24.1 Å². The van der Waals surface area contributed by atoms with E-state index in [4.69, 9.17) is 4.74 Å². The number of aryl methyl sites for hydroxylation is 1. The molecule has 0 aliphatic heterocycles. The molecule has 1 N–H and O–H groups in total. The Hall–Kier alpha value is -2.01. The van der Waals surface area contributed by atoms with Gasteiger partial charge in [0.1, 0.15) is 5.82 Å². The standard InChI is InChI=1S/C14H16FN3O/c1-9-17-7-6-12(18-9)14(16-2)10-4-5-13(19-3)11(15)8-10/h4-8,14,16H,1-3H3. The molecule has 4 nitrogen and oxygen atoms in total. The fourth-order valence-corrected chi connectivity index (χ4v) is 1.98. The molecule has 100 valence electrons. The number of nitrogens with zero attached hydrogens (tertiary/aromatic N) is 2. The summed E-state index contributed by atoms with van der Waals surface area (Å²) in [6.45, 7) is 1.82. The third kappa shape index (κ3) is 2.88. The quantitative estimate of drug-likeness (QED) is 0.917. The Morgan fingerprint density at radius 3 is 2.68 bits per heavy atom. The fourth-order valence-electron chi connectivity index (χ4n) is 1.98. The lowest BCUT2D eigenvalue weighted by Gasteiger charge is -2.17. The minimum atomic E-state index is -0.383. The molecule has 0 aliphatic rings. The molecule has 1 aromatic carbocycles. The van der Waals surface area contributed by atoms with Crippen molar-refractivity contribution < 1.29 is 9.13 Å². The summed E-state index contributed by atoms with van der Waals surface area (Å²) in [5, 5.41) is 3.13. The molecular weight excluding hydrogens is 245 g/mol. The summed E-state index contributed by atoms with van der Waals surface area (Å²) in [6.07, 6.45) is 1.70. The van der Waals surface area contributed by atoms with Crippen LogP contribution in [-0.2, 0) is 0 Å². The molecule has 1 heterocycles. The first kappa shape index (κ1) is 13.4. The van der Waals surface area contributed by atoms with Crippen molar-refractivity contribution in [2.45, 2.75) is 13.0 Å². The first-order valence-electron chi connectivity index (χ1n) is 5.96. The molecule has 1 atom stereocenters. The van der Waals surface area contributed by atoms with Gasteiger partial charge in [0.15, 0.2) is 11.6 Å². The molecule has 0 bridgehead atoms. The van der Waals surface area contributed by atoms with Crippen LogP contribution >= 0.6 is 0 Å². The lowest BCUT2D eigenvalue weighted by Crippen LogP contribution is -2.19. The average molecular weight is 261 g/mol. The van der Waals surface area contributed by atoms with Crippen molar-refractivity contribution in [2.24, 2.45) is 0 Å². The van der Waals surface area contributed by atoms with Crippen LogP contribution in [0.4, 0.5) is 4.39 Å². The minimum absolute atomic E-state index is 0.179. The molecule has 0 spiro atoms. The molecular formula is C14H16FN3O. The van der Waals surface area contributed by atoms with E-state index in [-0.39, 0.29) is 17.6 Å². The molecule has 0 amide bonds. The number of halogens is 1. The number of nitrogens with one attached hydrogen (secondary N) is 1. The highest BCUT2D eigenvalue weighted by molar-refractivity contribution is 5.34. The maximum atomic E-state index is 13.8. The molecule has 19 heavy (non-hydrogen) atoms. The van der Waals surface area contributed by atoms with Gasteiger partial charge in [-0.1, -0.05) is 6.07 Å². The fraction of sp³-hybridized carbons (Fsp3) is 0.286. The third-order valence-electron chi connectivity index (χ3n) is 2.89. The summed E-state index contributed by atoms with van der Waals surface area (Å²) in [7, 11) is 3.26. The summed E-state index contributed by atoms with van der Waals surface area (Å²) in [4.78, 5) is 8.43. The molecule has 2 aromatic rings. The minimum Gasteiger partial charge on any atom is -0.494 e. The highest BCUT2D eigenvalue weighted by Crippen LogP contribution is 2.25. The summed E-state index contributed by atoms with van der Waals surface area (Å²) in [5.41, 5.74) is 1.60. The van der Waals surface area contributed by atoms with Gasteiger partial charge in [-0.05, 0) is 37.7 Å². The third-order valence-corrected chi connectivity index (χ3v) is 2.89. The van der Waals surface area contributed by atoms with E-state index >= 15 is 0 Å². The van der Waals surface area contributed by atoms with Crippen LogP contribution in [0.3, 0.4) is 0 Å². The molecule has 2 rings (SSSR count). The molecule has 1 aromatic heterocycles. The van der Waals surface area contributed by atoms with Crippen molar-refractivity contribution >= 4 is 0 Å². The largest absolute Gasteiger partial charge is 0.494 e. The Morgan fingerprint density at radius 2 is 2.11 bits per heavy atom. The smallest absolute Gasteiger partial charge is 0.165 e. The van der Waals surface area contributed by atoms with Crippen molar-refractivity contribution in [2.75, 3.05) is 14.2 Å². The number of benzene rings is 1. The van der Waals surface area contributed by atoms with E-state index in [1.807, 2.05) is 26.1 Å². The van der Waals surface area contributed by atoms with Crippen LogP contribution in [0.15, 0.2) is 30.5 Å². The van der Waals surface area contributed by atoms with Crippen LogP contribution in [0.1, 0.15) is 23.1 Å². The second kappa shape index (κ2) is 5.75. The summed E-state index contributed by atoms with van der Waals surface area (Å²) in [6, 6.07) is 6.53. The van der Waals surface area contributed by atoms with Crippen molar-refractivity contribution in [1.82, 2.24) is 15.3 Å². The van der Waals surface area contributed by atoms with Crippen LogP contribution in [0.25, 0.3) is 0 Å². The Balaban J connectivity index is 2.39. The Labute approximate surface area is 111 Å². The van der Waals surface area contributed by atoms with Gasteiger partial charge in [-0.15, -0.1) is 0 Å². The van der Waals surface area contributed by atoms with E-state index in [0.29, 0.717) is 5.82 Å². The first-order valence-corrected chi connectivity index (χ1v) is 5.96. The zero-order valence-electron chi connectivity index (χ0n) is 11.1. The number of hydrogen-bond acceptors (Lipinski definition) is 4. The molecule has 0 aliphatic carbocycles. The lowest BCUT2D eigenvalue weighted by atomic mass is 10.0. The zero-order valence-corrected chi connectivity index (χ0v) is 11.1. The predicted octanol–water partition coefficient (Wildman–Crippen LogP) is 2.24. The summed E-state index contributed by atoms with van der Waals surface area (Å²) in [5.74, 6) is 0.537. The van der Waals surface area contributed by atoms with Gasteiger partial charge >= 0.3 is 0 Å². The van der Waals surface area contributed by atoms with Gasteiger partial charge in [0.25, 0.3) is 0 Å². The molecule has 1 unspecified atom stereocenters. The van der Waals surface area contributed by atoms with Crippen LogP contribution in [0, 0.1) is 12.7 Å². The maximum absolute atomic E-state index is 13.8. The monoisotopic (exact) mass is 261 g/mol. The van der Waals surface area contributed by atoms with E-state index in [1.165, 1.54) is 13.2 Å². The molecule has 0 radical (unpaired) electrons. The molecule has 0 saturated heterocycles. The van der Waals surface area contributed by atoms with Crippen molar-refractivity contribution in [1.29, 1.82) is 0 Å².